The molecule has 1 unspecified atom stereocenters. The van der Waals surface area contributed by atoms with Crippen molar-refractivity contribution in [1.82, 2.24) is 5.32 Å². The third-order valence-electron chi connectivity index (χ3n) is 3.09. The second-order valence-corrected chi connectivity index (χ2v) is 7.34. The molecule has 0 saturated carbocycles. The van der Waals surface area contributed by atoms with Crippen LogP contribution in [0.1, 0.15) is 23.6 Å². The maximum atomic E-state index is 6.18. The summed E-state index contributed by atoms with van der Waals surface area (Å²) in [5.74, 6) is 0.893. The topological polar surface area (TPSA) is 25.2 Å². The zero-order valence-corrected chi connectivity index (χ0v) is 14.0. The van der Waals surface area contributed by atoms with Gasteiger partial charge in [-0.15, -0.1) is 11.3 Å². The van der Waals surface area contributed by atoms with Gasteiger partial charge in [0.1, 0.15) is 11.8 Å². The molecule has 0 radical (unpaired) electrons. The fourth-order valence-electron chi connectivity index (χ4n) is 2.22. The third-order valence-corrected chi connectivity index (χ3v) is 5.07. The average molecular weight is 371 g/mol. The lowest BCUT2D eigenvalue weighted by Gasteiger charge is -2.13. The average Bonchev–Trinajstić information content (AvgIpc) is 3.03. The SMILES string of the molecule is CCNC(c1cc2cccc(Cl)c2o1)c1ccc(Br)s1. The fraction of sp³-hybridized carbons (Fsp3) is 0.200. The Bertz CT molecular complexity index is 736. The van der Waals surface area contributed by atoms with Crippen molar-refractivity contribution in [3.63, 3.8) is 0 Å². The Morgan fingerprint density at radius 3 is 2.85 bits per heavy atom. The van der Waals surface area contributed by atoms with E-state index < -0.39 is 0 Å². The van der Waals surface area contributed by atoms with Gasteiger partial charge in [-0.1, -0.05) is 30.7 Å². The van der Waals surface area contributed by atoms with Crippen LogP contribution in [0, 0.1) is 0 Å². The molecule has 1 atom stereocenters. The number of halogens is 2. The van der Waals surface area contributed by atoms with Crippen LogP contribution in [0.3, 0.4) is 0 Å². The smallest absolute Gasteiger partial charge is 0.152 e. The minimum Gasteiger partial charge on any atom is -0.457 e. The van der Waals surface area contributed by atoms with Gasteiger partial charge in [0, 0.05) is 10.3 Å². The molecular formula is C15H13BrClNOS. The van der Waals surface area contributed by atoms with Crippen LogP contribution >= 0.6 is 38.9 Å². The van der Waals surface area contributed by atoms with Gasteiger partial charge >= 0.3 is 0 Å². The molecule has 2 aromatic heterocycles. The number of thiophene rings is 1. The van der Waals surface area contributed by atoms with Crippen LogP contribution in [0.25, 0.3) is 11.0 Å². The van der Waals surface area contributed by atoms with Crippen molar-refractivity contribution in [2.75, 3.05) is 6.54 Å². The van der Waals surface area contributed by atoms with E-state index in [0.29, 0.717) is 5.02 Å². The van der Waals surface area contributed by atoms with E-state index in [0.717, 1.165) is 27.1 Å². The molecular weight excluding hydrogens is 358 g/mol. The highest BCUT2D eigenvalue weighted by Gasteiger charge is 2.20. The summed E-state index contributed by atoms with van der Waals surface area (Å²) >= 11 is 11.4. The van der Waals surface area contributed by atoms with E-state index in [4.69, 9.17) is 16.0 Å². The molecule has 1 aromatic carbocycles. The first-order valence-electron chi connectivity index (χ1n) is 6.35. The van der Waals surface area contributed by atoms with Gasteiger partial charge < -0.3 is 9.73 Å². The molecule has 0 spiro atoms. The molecule has 3 aromatic rings. The molecule has 0 fully saturated rings. The molecule has 2 nitrogen and oxygen atoms in total. The molecule has 2 heterocycles. The number of hydrogen-bond acceptors (Lipinski definition) is 3. The first-order chi connectivity index (χ1) is 9.69. The third kappa shape index (κ3) is 2.66. The largest absolute Gasteiger partial charge is 0.457 e. The van der Waals surface area contributed by atoms with E-state index in [1.54, 1.807) is 11.3 Å². The zero-order valence-electron chi connectivity index (χ0n) is 10.8. The van der Waals surface area contributed by atoms with Gasteiger partial charge in [-0.25, -0.2) is 0 Å². The Labute approximate surface area is 134 Å². The Morgan fingerprint density at radius 1 is 1.35 bits per heavy atom. The van der Waals surface area contributed by atoms with Gasteiger partial charge in [0.25, 0.3) is 0 Å². The molecule has 0 saturated heterocycles. The first kappa shape index (κ1) is 14.1. The Balaban J connectivity index is 2.07. The van der Waals surface area contributed by atoms with E-state index in [2.05, 4.69) is 46.4 Å². The summed E-state index contributed by atoms with van der Waals surface area (Å²) in [7, 11) is 0. The van der Waals surface area contributed by atoms with E-state index in [1.165, 1.54) is 4.88 Å². The van der Waals surface area contributed by atoms with Crippen molar-refractivity contribution in [1.29, 1.82) is 0 Å². The quantitative estimate of drug-likeness (QED) is 0.646. The highest BCUT2D eigenvalue weighted by atomic mass is 79.9. The lowest BCUT2D eigenvalue weighted by atomic mass is 10.1. The molecule has 0 aliphatic rings. The highest BCUT2D eigenvalue weighted by molar-refractivity contribution is 9.11. The maximum Gasteiger partial charge on any atom is 0.152 e. The number of nitrogens with one attached hydrogen (secondary N) is 1. The predicted molar refractivity (Wildman–Crippen MR) is 88.8 cm³/mol. The minimum atomic E-state index is 0.0553. The molecule has 5 heteroatoms. The van der Waals surface area contributed by atoms with Crippen LogP contribution in [0.5, 0.6) is 0 Å². The Morgan fingerprint density at radius 2 is 2.20 bits per heavy atom. The number of fused-ring (bicyclic) bond motifs is 1. The van der Waals surface area contributed by atoms with Crippen LogP contribution < -0.4 is 5.32 Å². The lowest BCUT2D eigenvalue weighted by Crippen LogP contribution is -2.20. The number of rotatable bonds is 4. The van der Waals surface area contributed by atoms with Crippen molar-refractivity contribution in [2.45, 2.75) is 13.0 Å². The second kappa shape index (κ2) is 5.90. The molecule has 0 aliphatic heterocycles. The summed E-state index contributed by atoms with van der Waals surface area (Å²) in [5, 5.41) is 5.14. The fourth-order valence-corrected chi connectivity index (χ4v) is 3.95. The standard InChI is InChI=1S/C15H13BrClNOS/c1-2-18-14(12-6-7-13(16)20-12)11-8-9-4-3-5-10(17)15(9)19-11/h3-8,14,18H,2H2,1H3. The van der Waals surface area contributed by atoms with Gasteiger partial charge in [0.05, 0.1) is 8.81 Å². The summed E-state index contributed by atoms with van der Waals surface area (Å²) < 4.78 is 7.09. The zero-order chi connectivity index (χ0) is 14.1. The van der Waals surface area contributed by atoms with Crippen LogP contribution in [0.4, 0.5) is 0 Å². The van der Waals surface area contributed by atoms with Crippen molar-refractivity contribution in [3.05, 3.63) is 55.8 Å². The summed E-state index contributed by atoms with van der Waals surface area (Å²) in [4.78, 5) is 1.22. The van der Waals surface area contributed by atoms with E-state index >= 15 is 0 Å². The summed E-state index contributed by atoms with van der Waals surface area (Å²) in [6.45, 7) is 2.95. The van der Waals surface area contributed by atoms with Crippen molar-refractivity contribution in [2.24, 2.45) is 0 Å². The number of hydrogen-bond donors (Lipinski definition) is 1. The normalized spacial score (nSPS) is 12.9. The Kier molecular flexibility index (Phi) is 4.17. The highest BCUT2D eigenvalue weighted by Crippen LogP contribution is 2.35. The summed E-state index contributed by atoms with van der Waals surface area (Å²) in [6, 6.07) is 12.1. The van der Waals surface area contributed by atoms with Crippen molar-refractivity contribution >= 4 is 49.8 Å². The van der Waals surface area contributed by atoms with E-state index in [1.807, 2.05) is 18.2 Å². The molecule has 0 amide bonds. The monoisotopic (exact) mass is 369 g/mol. The minimum absolute atomic E-state index is 0.0553. The van der Waals surface area contributed by atoms with Crippen molar-refractivity contribution < 1.29 is 4.42 Å². The molecule has 104 valence electrons. The van der Waals surface area contributed by atoms with Crippen LogP contribution in [-0.4, -0.2) is 6.54 Å². The molecule has 0 aliphatic carbocycles. The second-order valence-electron chi connectivity index (χ2n) is 4.44. The summed E-state index contributed by atoms with van der Waals surface area (Å²) in [5.41, 5.74) is 0.752. The van der Waals surface area contributed by atoms with Gasteiger partial charge in [0.15, 0.2) is 5.58 Å². The van der Waals surface area contributed by atoms with E-state index in [9.17, 15) is 0 Å². The van der Waals surface area contributed by atoms with Crippen LogP contribution in [-0.2, 0) is 0 Å². The van der Waals surface area contributed by atoms with Crippen molar-refractivity contribution in [3.8, 4) is 0 Å². The van der Waals surface area contributed by atoms with Gasteiger partial charge in [-0.3, -0.25) is 0 Å². The molecule has 3 rings (SSSR count). The molecule has 0 bridgehead atoms. The number of benzene rings is 1. The van der Waals surface area contributed by atoms with Gasteiger partial charge in [0.2, 0.25) is 0 Å². The lowest BCUT2D eigenvalue weighted by molar-refractivity contribution is 0.481. The first-order valence-corrected chi connectivity index (χ1v) is 8.34. The van der Waals surface area contributed by atoms with E-state index in [-0.39, 0.29) is 6.04 Å². The molecule has 1 N–H and O–H groups in total. The number of para-hydroxylation sites is 1. The van der Waals surface area contributed by atoms with Gasteiger partial charge in [-0.2, -0.15) is 0 Å². The predicted octanol–water partition coefficient (Wildman–Crippen LogP) is 5.61. The van der Waals surface area contributed by atoms with Gasteiger partial charge in [-0.05, 0) is 46.7 Å². The van der Waals surface area contributed by atoms with Crippen LogP contribution in [0.15, 0.2) is 44.6 Å². The van der Waals surface area contributed by atoms with Crippen LogP contribution in [0.2, 0.25) is 5.02 Å². The Hall–Kier alpha value is -0.810. The summed E-state index contributed by atoms with van der Waals surface area (Å²) in [6.07, 6.45) is 0. The molecule has 20 heavy (non-hydrogen) atoms. The maximum absolute atomic E-state index is 6.18. The number of furan rings is 1.